The molecule has 5 nitrogen and oxygen atoms in total. The van der Waals surface area contributed by atoms with Crippen LogP contribution in [0.25, 0.3) is 0 Å². The molecule has 0 saturated carbocycles. The van der Waals surface area contributed by atoms with Crippen molar-refractivity contribution in [3.8, 4) is 0 Å². The molecular formula is C14H15NO4. The highest BCUT2D eigenvalue weighted by Gasteiger charge is 2.30. The van der Waals surface area contributed by atoms with Gasteiger partial charge in [-0.05, 0) is 23.6 Å². The van der Waals surface area contributed by atoms with E-state index in [0.717, 1.165) is 5.56 Å². The molecule has 0 atom stereocenters. The number of anilines is 1. The second-order valence-electron chi connectivity index (χ2n) is 4.63. The number of nitrogens with one attached hydrogen (secondary N) is 1. The van der Waals surface area contributed by atoms with Crippen molar-refractivity contribution in [3.63, 3.8) is 0 Å². The molecule has 100 valence electrons. The molecule has 0 spiro atoms. The topological polar surface area (TPSA) is 75.6 Å². The number of cyclic esters (lactones) is 1. The molecule has 0 radical (unpaired) electrons. The van der Waals surface area contributed by atoms with E-state index in [1.165, 1.54) is 0 Å². The van der Waals surface area contributed by atoms with Crippen LogP contribution in [-0.4, -0.2) is 23.6 Å². The van der Waals surface area contributed by atoms with Crippen LogP contribution in [0.3, 0.4) is 0 Å². The van der Waals surface area contributed by atoms with E-state index < -0.39 is 11.9 Å². The third-order valence-corrected chi connectivity index (χ3v) is 2.89. The summed E-state index contributed by atoms with van der Waals surface area (Å²) in [4.78, 5) is 23.1. The Hall–Kier alpha value is -2.30. The number of aliphatic hydroxyl groups excluding tert-OH is 1. The van der Waals surface area contributed by atoms with Gasteiger partial charge in [0.25, 0.3) is 5.91 Å². The molecule has 1 aliphatic heterocycles. The fourth-order valence-electron chi connectivity index (χ4n) is 1.76. The quantitative estimate of drug-likeness (QED) is 0.645. The van der Waals surface area contributed by atoms with Gasteiger partial charge >= 0.3 is 5.97 Å². The molecular weight excluding hydrogens is 246 g/mol. The predicted molar refractivity (Wildman–Crippen MR) is 69.8 cm³/mol. The number of hydrogen-bond donors (Lipinski definition) is 2. The number of aliphatic hydroxyl groups is 1. The van der Waals surface area contributed by atoms with E-state index in [1.54, 1.807) is 12.1 Å². The Labute approximate surface area is 110 Å². The minimum Gasteiger partial charge on any atom is -0.508 e. The lowest BCUT2D eigenvalue weighted by Crippen LogP contribution is -2.19. The Morgan fingerprint density at radius 2 is 1.95 bits per heavy atom. The second-order valence-corrected chi connectivity index (χ2v) is 4.63. The molecule has 1 amide bonds. The monoisotopic (exact) mass is 261 g/mol. The SMILES string of the molecule is CC(C)c1ccc(NC(=O)C2=C(O)COC2=O)cc1. The van der Waals surface area contributed by atoms with Crippen LogP contribution < -0.4 is 5.32 Å². The van der Waals surface area contributed by atoms with Crippen LogP contribution >= 0.6 is 0 Å². The summed E-state index contributed by atoms with van der Waals surface area (Å²) in [6.07, 6.45) is 0. The van der Waals surface area contributed by atoms with Crippen LogP contribution in [0.1, 0.15) is 25.3 Å². The summed E-state index contributed by atoms with van der Waals surface area (Å²) >= 11 is 0. The highest BCUT2D eigenvalue weighted by Crippen LogP contribution is 2.19. The Morgan fingerprint density at radius 3 is 2.42 bits per heavy atom. The maximum atomic E-state index is 11.8. The first kappa shape index (κ1) is 13.1. The van der Waals surface area contributed by atoms with E-state index >= 15 is 0 Å². The van der Waals surface area contributed by atoms with E-state index in [0.29, 0.717) is 11.6 Å². The van der Waals surface area contributed by atoms with Crippen LogP contribution in [0.5, 0.6) is 0 Å². The molecule has 1 aliphatic rings. The van der Waals surface area contributed by atoms with E-state index in [-0.39, 0.29) is 17.9 Å². The standard InChI is InChI=1S/C14H15NO4/c1-8(2)9-3-5-10(6-4-9)15-13(17)12-11(16)7-19-14(12)18/h3-6,8,16H,7H2,1-2H3,(H,15,17). The average molecular weight is 261 g/mol. The van der Waals surface area contributed by atoms with Crippen molar-refractivity contribution >= 4 is 17.6 Å². The first-order chi connectivity index (χ1) is 8.99. The summed E-state index contributed by atoms with van der Waals surface area (Å²) in [5.74, 6) is -1.38. The molecule has 1 aromatic rings. The van der Waals surface area contributed by atoms with Crippen LogP contribution in [0.15, 0.2) is 35.6 Å². The Morgan fingerprint density at radius 1 is 1.32 bits per heavy atom. The summed E-state index contributed by atoms with van der Waals surface area (Å²) in [5, 5.41) is 12.0. The van der Waals surface area contributed by atoms with Gasteiger partial charge in [0.15, 0.2) is 11.3 Å². The zero-order valence-electron chi connectivity index (χ0n) is 10.8. The fourth-order valence-corrected chi connectivity index (χ4v) is 1.76. The molecule has 1 heterocycles. The maximum Gasteiger partial charge on any atom is 0.347 e. The van der Waals surface area contributed by atoms with Crippen LogP contribution in [0, 0.1) is 0 Å². The van der Waals surface area contributed by atoms with Crippen LogP contribution in [0.4, 0.5) is 5.69 Å². The third-order valence-electron chi connectivity index (χ3n) is 2.89. The van der Waals surface area contributed by atoms with Crippen molar-refractivity contribution in [2.75, 3.05) is 11.9 Å². The number of hydrogen-bond acceptors (Lipinski definition) is 4. The van der Waals surface area contributed by atoms with E-state index in [1.807, 2.05) is 12.1 Å². The van der Waals surface area contributed by atoms with Crippen molar-refractivity contribution in [3.05, 3.63) is 41.2 Å². The Balaban J connectivity index is 2.11. The zero-order valence-corrected chi connectivity index (χ0v) is 10.8. The molecule has 0 saturated heterocycles. The first-order valence-corrected chi connectivity index (χ1v) is 5.99. The first-order valence-electron chi connectivity index (χ1n) is 5.99. The van der Waals surface area contributed by atoms with Gasteiger partial charge < -0.3 is 15.2 Å². The number of rotatable bonds is 3. The van der Waals surface area contributed by atoms with Crippen molar-refractivity contribution in [1.29, 1.82) is 0 Å². The molecule has 2 N–H and O–H groups in total. The molecule has 5 heteroatoms. The van der Waals surface area contributed by atoms with Crippen molar-refractivity contribution in [1.82, 2.24) is 0 Å². The van der Waals surface area contributed by atoms with Crippen molar-refractivity contribution in [2.45, 2.75) is 19.8 Å². The third kappa shape index (κ3) is 2.76. The summed E-state index contributed by atoms with van der Waals surface area (Å²) in [7, 11) is 0. The number of ether oxygens (including phenoxy) is 1. The average Bonchev–Trinajstić information content (AvgIpc) is 2.69. The number of esters is 1. The van der Waals surface area contributed by atoms with Gasteiger partial charge in [-0.1, -0.05) is 26.0 Å². The number of amides is 1. The zero-order chi connectivity index (χ0) is 14.0. The molecule has 0 aromatic heterocycles. The molecule has 0 fully saturated rings. The van der Waals surface area contributed by atoms with Gasteiger partial charge in [-0.3, -0.25) is 4.79 Å². The van der Waals surface area contributed by atoms with Gasteiger partial charge in [0.2, 0.25) is 0 Å². The minimum atomic E-state index is -0.797. The maximum absolute atomic E-state index is 11.8. The highest BCUT2D eigenvalue weighted by atomic mass is 16.5. The molecule has 2 rings (SSSR count). The Kier molecular flexibility index (Phi) is 3.55. The number of carbonyl (C=O) groups excluding carboxylic acids is 2. The molecule has 1 aromatic carbocycles. The smallest absolute Gasteiger partial charge is 0.347 e. The van der Waals surface area contributed by atoms with Gasteiger partial charge in [0, 0.05) is 5.69 Å². The van der Waals surface area contributed by atoms with Gasteiger partial charge in [-0.15, -0.1) is 0 Å². The predicted octanol–water partition coefficient (Wildman–Crippen LogP) is 2.12. The molecule has 0 unspecified atom stereocenters. The molecule has 19 heavy (non-hydrogen) atoms. The van der Waals surface area contributed by atoms with Gasteiger partial charge in [0.1, 0.15) is 6.61 Å². The van der Waals surface area contributed by atoms with Gasteiger partial charge in [-0.25, -0.2) is 4.79 Å². The largest absolute Gasteiger partial charge is 0.508 e. The van der Waals surface area contributed by atoms with Crippen molar-refractivity contribution < 1.29 is 19.4 Å². The molecule has 0 aliphatic carbocycles. The Bertz CT molecular complexity index is 543. The van der Waals surface area contributed by atoms with Crippen molar-refractivity contribution in [2.24, 2.45) is 0 Å². The van der Waals surface area contributed by atoms with Crippen LogP contribution in [0.2, 0.25) is 0 Å². The summed E-state index contributed by atoms with van der Waals surface area (Å²) in [6, 6.07) is 7.32. The van der Waals surface area contributed by atoms with Crippen LogP contribution in [-0.2, 0) is 14.3 Å². The molecule has 0 bridgehead atoms. The summed E-state index contributed by atoms with van der Waals surface area (Å²) in [5.41, 5.74) is 1.39. The minimum absolute atomic E-state index is 0.242. The number of benzene rings is 1. The lowest BCUT2D eigenvalue weighted by molar-refractivity contribution is -0.137. The highest BCUT2D eigenvalue weighted by molar-refractivity contribution is 6.22. The number of carbonyl (C=O) groups is 2. The van der Waals surface area contributed by atoms with E-state index in [4.69, 9.17) is 0 Å². The van der Waals surface area contributed by atoms with Gasteiger partial charge in [0.05, 0.1) is 0 Å². The normalized spacial score (nSPS) is 14.8. The van der Waals surface area contributed by atoms with Gasteiger partial charge in [-0.2, -0.15) is 0 Å². The fraction of sp³-hybridized carbons (Fsp3) is 0.286. The second kappa shape index (κ2) is 5.14. The summed E-state index contributed by atoms with van der Waals surface area (Å²) in [6.45, 7) is 3.91. The van der Waals surface area contributed by atoms with E-state index in [2.05, 4.69) is 23.9 Å². The lowest BCUT2D eigenvalue weighted by Gasteiger charge is -2.08. The lowest BCUT2D eigenvalue weighted by atomic mass is 10.0. The summed E-state index contributed by atoms with van der Waals surface area (Å²) < 4.78 is 4.56. The van der Waals surface area contributed by atoms with E-state index in [9.17, 15) is 14.7 Å².